The predicted octanol–water partition coefficient (Wildman–Crippen LogP) is 2.06. The van der Waals surface area contributed by atoms with Gasteiger partial charge in [-0.2, -0.15) is 0 Å². The largest absolute Gasteiger partial charge is 0.563 e. The van der Waals surface area contributed by atoms with Crippen LogP contribution in [0.1, 0.15) is 42.6 Å². The van der Waals surface area contributed by atoms with E-state index in [2.05, 4.69) is 11.9 Å². The molecular weight excluding hydrogens is 284 g/mol. The molecule has 1 amide bonds. The highest BCUT2D eigenvalue weighted by atomic mass is 19.1. The van der Waals surface area contributed by atoms with Crippen LogP contribution in [0.15, 0.2) is 24.5 Å². The van der Waals surface area contributed by atoms with Crippen molar-refractivity contribution in [2.24, 2.45) is 0 Å². The van der Waals surface area contributed by atoms with E-state index in [1.54, 1.807) is 13.0 Å². The molecule has 2 aliphatic rings. The Bertz CT molecular complexity index is 655. The lowest BCUT2D eigenvalue weighted by Gasteiger charge is -2.16. The third-order valence-corrected chi connectivity index (χ3v) is 4.14. The number of nitrogens with one attached hydrogen (secondary N) is 1. The van der Waals surface area contributed by atoms with E-state index in [0.29, 0.717) is 16.8 Å². The average molecular weight is 303 g/mol. The minimum atomic E-state index is -0.745. The van der Waals surface area contributed by atoms with Crippen LogP contribution in [0.3, 0.4) is 0 Å². The van der Waals surface area contributed by atoms with Crippen molar-refractivity contribution in [3.8, 4) is 0 Å². The van der Waals surface area contributed by atoms with E-state index in [-0.39, 0.29) is 17.5 Å². The van der Waals surface area contributed by atoms with Gasteiger partial charge in [0.15, 0.2) is 0 Å². The molecule has 2 fully saturated rings. The Morgan fingerprint density at radius 2 is 2.14 bits per heavy atom. The SMILES string of the molecule is C=C1OB(c2cc(C(=O)NC3CC3)cc(F)c2C)OC1(C)C. The molecule has 1 aromatic carbocycles. The van der Waals surface area contributed by atoms with E-state index >= 15 is 0 Å². The highest BCUT2D eigenvalue weighted by Crippen LogP contribution is 2.30. The fourth-order valence-electron chi connectivity index (χ4n) is 2.33. The number of carbonyl (C=O) groups is 1. The molecule has 1 aromatic rings. The topological polar surface area (TPSA) is 47.6 Å². The van der Waals surface area contributed by atoms with Gasteiger partial charge in [0.25, 0.3) is 5.91 Å². The first kappa shape index (κ1) is 15.1. The van der Waals surface area contributed by atoms with Crippen molar-refractivity contribution in [2.45, 2.75) is 45.3 Å². The fourth-order valence-corrected chi connectivity index (χ4v) is 2.33. The molecule has 0 unspecified atom stereocenters. The second kappa shape index (κ2) is 5.12. The van der Waals surface area contributed by atoms with Gasteiger partial charge in [0.05, 0.1) is 5.76 Å². The van der Waals surface area contributed by atoms with Crippen molar-refractivity contribution in [1.82, 2.24) is 5.32 Å². The van der Waals surface area contributed by atoms with Gasteiger partial charge in [-0.1, -0.05) is 6.58 Å². The van der Waals surface area contributed by atoms with Gasteiger partial charge in [-0.15, -0.1) is 0 Å². The molecule has 22 heavy (non-hydrogen) atoms. The first-order chi connectivity index (χ1) is 10.3. The molecule has 1 saturated heterocycles. The van der Waals surface area contributed by atoms with Crippen molar-refractivity contribution in [2.75, 3.05) is 0 Å². The molecule has 1 heterocycles. The Kier molecular flexibility index (Phi) is 3.52. The number of hydrogen-bond acceptors (Lipinski definition) is 3. The summed E-state index contributed by atoms with van der Waals surface area (Å²) in [5.41, 5.74) is 0.582. The molecule has 6 heteroatoms. The maximum absolute atomic E-state index is 14.2. The molecule has 3 rings (SSSR count). The number of benzene rings is 1. The molecular formula is C16H19BFNO3. The van der Waals surface area contributed by atoms with Crippen LogP contribution in [0.2, 0.25) is 0 Å². The van der Waals surface area contributed by atoms with E-state index in [1.807, 2.05) is 13.8 Å². The summed E-state index contributed by atoms with van der Waals surface area (Å²) in [6.07, 6.45) is 1.96. The van der Waals surface area contributed by atoms with Crippen LogP contribution in [-0.4, -0.2) is 24.7 Å². The van der Waals surface area contributed by atoms with Crippen molar-refractivity contribution in [3.05, 3.63) is 41.4 Å². The first-order valence-electron chi connectivity index (χ1n) is 7.42. The minimum absolute atomic E-state index is 0.220. The first-order valence-corrected chi connectivity index (χ1v) is 7.42. The average Bonchev–Trinajstić information content (AvgIpc) is 3.19. The lowest BCUT2D eigenvalue weighted by molar-refractivity contribution is 0.0950. The zero-order valence-electron chi connectivity index (χ0n) is 13.0. The lowest BCUT2D eigenvalue weighted by Crippen LogP contribution is -2.38. The van der Waals surface area contributed by atoms with E-state index < -0.39 is 18.5 Å². The van der Waals surface area contributed by atoms with Crippen molar-refractivity contribution < 1.29 is 18.5 Å². The summed E-state index contributed by atoms with van der Waals surface area (Å²) in [5.74, 6) is -0.218. The molecule has 0 aromatic heterocycles. The van der Waals surface area contributed by atoms with E-state index in [0.717, 1.165) is 12.8 Å². The molecule has 0 bridgehead atoms. The van der Waals surface area contributed by atoms with Crippen molar-refractivity contribution >= 4 is 18.5 Å². The number of amides is 1. The Morgan fingerprint density at radius 1 is 1.45 bits per heavy atom. The van der Waals surface area contributed by atoms with Crippen LogP contribution in [-0.2, 0) is 9.31 Å². The Hall–Kier alpha value is -1.82. The minimum Gasteiger partial charge on any atom is -0.534 e. The summed E-state index contributed by atoms with van der Waals surface area (Å²) in [6.45, 7) is 9.14. The van der Waals surface area contributed by atoms with Gasteiger partial charge >= 0.3 is 7.12 Å². The molecule has 1 aliphatic carbocycles. The third-order valence-electron chi connectivity index (χ3n) is 4.14. The summed E-state index contributed by atoms with van der Waals surface area (Å²) in [6, 6.07) is 3.11. The molecule has 1 aliphatic heterocycles. The highest BCUT2D eigenvalue weighted by molar-refractivity contribution is 6.63. The Balaban J connectivity index is 1.91. The van der Waals surface area contributed by atoms with Gasteiger partial charge < -0.3 is 14.6 Å². The van der Waals surface area contributed by atoms with Crippen LogP contribution < -0.4 is 10.8 Å². The smallest absolute Gasteiger partial charge is 0.534 e. The van der Waals surface area contributed by atoms with Gasteiger partial charge in [-0.25, -0.2) is 4.39 Å². The summed E-state index contributed by atoms with van der Waals surface area (Å²) in [5, 5.41) is 2.85. The molecule has 1 saturated carbocycles. The highest BCUT2D eigenvalue weighted by Gasteiger charge is 2.44. The zero-order chi connectivity index (χ0) is 16.1. The maximum atomic E-state index is 14.2. The number of halogens is 1. The van der Waals surface area contributed by atoms with Gasteiger partial charge in [-0.05, 0) is 51.3 Å². The second-order valence-corrected chi connectivity index (χ2v) is 6.42. The Labute approximate surface area is 129 Å². The third kappa shape index (κ3) is 2.75. The van der Waals surface area contributed by atoms with Crippen LogP contribution in [0.4, 0.5) is 4.39 Å². The molecule has 1 N–H and O–H groups in total. The van der Waals surface area contributed by atoms with E-state index in [1.165, 1.54) is 6.07 Å². The molecule has 0 spiro atoms. The summed E-state index contributed by atoms with van der Waals surface area (Å²) < 4.78 is 25.6. The quantitative estimate of drug-likeness (QED) is 0.870. The van der Waals surface area contributed by atoms with Crippen LogP contribution in [0, 0.1) is 12.7 Å². The van der Waals surface area contributed by atoms with Crippen LogP contribution in [0.25, 0.3) is 0 Å². The maximum Gasteiger partial charge on any atom is 0.563 e. The van der Waals surface area contributed by atoms with Gasteiger partial charge in [0.1, 0.15) is 11.4 Å². The van der Waals surface area contributed by atoms with Gasteiger partial charge in [0.2, 0.25) is 0 Å². The van der Waals surface area contributed by atoms with Crippen molar-refractivity contribution in [3.63, 3.8) is 0 Å². The Morgan fingerprint density at radius 3 is 2.68 bits per heavy atom. The second-order valence-electron chi connectivity index (χ2n) is 6.42. The monoisotopic (exact) mass is 303 g/mol. The van der Waals surface area contributed by atoms with Crippen LogP contribution >= 0.6 is 0 Å². The number of rotatable bonds is 3. The molecule has 0 radical (unpaired) electrons. The van der Waals surface area contributed by atoms with E-state index in [9.17, 15) is 9.18 Å². The molecule has 0 atom stereocenters. The summed E-state index contributed by atoms with van der Waals surface area (Å²) in [4.78, 5) is 12.1. The zero-order valence-corrected chi connectivity index (χ0v) is 13.0. The number of carbonyl (C=O) groups excluding carboxylic acids is 1. The predicted molar refractivity (Wildman–Crippen MR) is 82.4 cm³/mol. The standard InChI is InChI=1S/C16H19BFNO3/c1-9-13(17-21-10(2)16(3,4)22-17)7-11(8-14(9)18)15(20)19-12-5-6-12/h7-8,12H,2,5-6H2,1,3-4H3,(H,19,20). The van der Waals surface area contributed by atoms with Crippen LogP contribution in [0.5, 0.6) is 0 Å². The van der Waals surface area contributed by atoms with Gasteiger partial charge in [0, 0.05) is 17.1 Å². The lowest BCUT2D eigenvalue weighted by atomic mass is 9.75. The summed E-state index contributed by atoms with van der Waals surface area (Å²) in [7, 11) is -0.745. The fraction of sp³-hybridized carbons (Fsp3) is 0.438. The normalized spacial score (nSPS) is 20.0. The molecule has 116 valence electrons. The number of hydrogen-bond donors (Lipinski definition) is 1. The molecule has 4 nitrogen and oxygen atoms in total. The van der Waals surface area contributed by atoms with Gasteiger partial charge in [-0.3, -0.25) is 4.79 Å². The van der Waals surface area contributed by atoms with E-state index in [4.69, 9.17) is 9.31 Å². The summed E-state index contributed by atoms with van der Waals surface area (Å²) >= 11 is 0. The van der Waals surface area contributed by atoms with Crippen molar-refractivity contribution in [1.29, 1.82) is 0 Å².